The van der Waals surface area contributed by atoms with Crippen molar-refractivity contribution in [2.24, 2.45) is 22.9 Å². The molecule has 4 unspecified atom stereocenters. The van der Waals surface area contributed by atoms with Gasteiger partial charge in [-0.25, -0.2) is 9.78 Å². The number of carbonyl (C=O) groups excluding carboxylic acids is 5. The van der Waals surface area contributed by atoms with E-state index in [1.165, 1.54) is 12.5 Å². The first-order valence-corrected chi connectivity index (χ1v) is 11.6. The van der Waals surface area contributed by atoms with Gasteiger partial charge < -0.3 is 49.0 Å². The van der Waals surface area contributed by atoms with Crippen molar-refractivity contribution >= 4 is 35.5 Å². The van der Waals surface area contributed by atoms with Crippen LogP contribution in [-0.4, -0.2) is 81.3 Å². The average molecular weight is 526 g/mol. The third-order valence-corrected chi connectivity index (χ3v) is 5.24. The minimum atomic E-state index is -1.61. The van der Waals surface area contributed by atoms with Crippen LogP contribution in [0.15, 0.2) is 12.5 Å². The molecule has 37 heavy (non-hydrogen) atoms. The van der Waals surface area contributed by atoms with E-state index in [2.05, 4.69) is 25.9 Å². The van der Waals surface area contributed by atoms with Gasteiger partial charge in [-0.05, 0) is 32.2 Å². The van der Waals surface area contributed by atoms with Gasteiger partial charge >= 0.3 is 5.97 Å². The molecule has 1 rings (SSSR count). The number of nitrogens with one attached hydrogen (secondary N) is 4. The van der Waals surface area contributed by atoms with Gasteiger partial charge in [0, 0.05) is 24.7 Å². The topological polar surface area (TPSA) is 292 Å². The Morgan fingerprint density at radius 1 is 0.892 bits per heavy atom. The number of carbonyl (C=O) groups is 6. The molecule has 0 aliphatic rings. The van der Waals surface area contributed by atoms with Crippen LogP contribution in [0, 0.1) is 0 Å². The highest BCUT2D eigenvalue weighted by Crippen LogP contribution is 2.06. The monoisotopic (exact) mass is 525 g/mol. The van der Waals surface area contributed by atoms with Crippen molar-refractivity contribution in [1.82, 2.24) is 25.9 Å². The van der Waals surface area contributed by atoms with Crippen molar-refractivity contribution in [2.45, 2.75) is 69.1 Å². The van der Waals surface area contributed by atoms with Crippen molar-refractivity contribution in [1.29, 1.82) is 0 Å². The molecule has 0 aliphatic heterocycles. The van der Waals surface area contributed by atoms with E-state index in [-0.39, 0.29) is 25.7 Å². The summed E-state index contributed by atoms with van der Waals surface area (Å²) in [4.78, 5) is 79.0. The summed E-state index contributed by atoms with van der Waals surface area (Å²) in [6.45, 7) is 0.313. The van der Waals surface area contributed by atoms with Crippen LogP contribution in [0.25, 0.3) is 0 Å². The SMILES string of the molecule is NCCCCC(NC(=O)C(CCC(N)=O)NC(=O)C(N)Cc1cnc[nH]1)C(=O)NC(CC(N)=O)C(=O)O. The van der Waals surface area contributed by atoms with Gasteiger partial charge in [0.1, 0.15) is 18.1 Å². The zero-order valence-corrected chi connectivity index (χ0v) is 20.3. The number of amides is 5. The third-order valence-electron chi connectivity index (χ3n) is 5.24. The van der Waals surface area contributed by atoms with Crippen LogP contribution < -0.4 is 38.9 Å². The lowest BCUT2D eigenvalue weighted by Crippen LogP contribution is -2.57. The van der Waals surface area contributed by atoms with E-state index < -0.39 is 66.1 Å². The molecule has 0 aromatic carbocycles. The van der Waals surface area contributed by atoms with Crippen LogP contribution in [0.4, 0.5) is 0 Å². The van der Waals surface area contributed by atoms with Crippen molar-refractivity contribution < 1.29 is 33.9 Å². The number of aliphatic carboxylic acids is 1. The Hall–Kier alpha value is -4.05. The molecule has 0 bridgehead atoms. The normalized spacial score (nSPS) is 14.0. The molecular weight excluding hydrogens is 490 g/mol. The summed E-state index contributed by atoms with van der Waals surface area (Å²) in [5.41, 5.74) is 22.2. The molecule has 0 spiro atoms. The highest BCUT2D eigenvalue weighted by Gasteiger charge is 2.31. The summed E-state index contributed by atoms with van der Waals surface area (Å²) in [6.07, 6.45) is 2.89. The first-order chi connectivity index (χ1) is 17.4. The minimum absolute atomic E-state index is 0.0769. The molecule has 4 atom stereocenters. The maximum absolute atomic E-state index is 13.0. The molecule has 1 aromatic rings. The van der Waals surface area contributed by atoms with Gasteiger partial charge in [0.15, 0.2) is 0 Å². The molecular formula is C21H35N9O7. The summed E-state index contributed by atoms with van der Waals surface area (Å²) >= 11 is 0. The Balaban J connectivity index is 2.99. The van der Waals surface area contributed by atoms with E-state index in [9.17, 15) is 33.9 Å². The third kappa shape index (κ3) is 12.0. The molecule has 0 aliphatic carbocycles. The fourth-order valence-electron chi connectivity index (χ4n) is 3.27. The van der Waals surface area contributed by atoms with Gasteiger partial charge in [0.05, 0.1) is 18.8 Å². The van der Waals surface area contributed by atoms with E-state index in [1.807, 2.05) is 0 Å². The highest BCUT2D eigenvalue weighted by atomic mass is 16.4. The number of nitrogens with two attached hydrogens (primary N) is 4. The van der Waals surface area contributed by atoms with Crippen LogP contribution in [0.1, 0.15) is 44.2 Å². The number of hydrogen-bond acceptors (Lipinski definition) is 9. The molecule has 16 heteroatoms. The Labute approximate surface area is 212 Å². The summed E-state index contributed by atoms with van der Waals surface area (Å²) in [5, 5.41) is 16.4. The van der Waals surface area contributed by atoms with Gasteiger partial charge in [-0.15, -0.1) is 0 Å². The maximum atomic E-state index is 13.0. The molecule has 1 heterocycles. The molecule has 16 nitrogen and oxygen atoms in total. The minimum Gasteiger partial charge on any atom is -0.480 e. The summed E-state index contributed by atoms with van der Waals surface area (Å²) in [5.74, 6) is -5.56. The van der Waals surface area contributed by atoms with Gasteiger partial charge in [-0.2, -0.15) is 0 Å². The number of unbranched alkanes of at least 4 members (excludes halogenated alkanes) is 1. The second-order valence-electron chi connectivity index (χ2n) is 8.37. The number of nitrogens with zero attached hydrogens (tertiary/aromatic N) is 1. The number of imidazole rings is 1. The van der Waals surface area contributed by atoms with Gasteiger partial charge in [-0.1, -0.05) is 0 Å². The highest BCUT2D eigenvalue weighted by molar-refractivity contribution is 5.95. The predicted octanol–water partition coefficient (Wildman–Crippen LogP) is -3.91. The Bertz CT molecular complexity index is 939. The second-order valence-corrected chi connectivity index (χ2v) is 8.37. The first-order valence-electron chi connectivity index (χ1n) is 11.6. The van der Waals surface area contributed by atoms with E-state index in [0.29, 0.717) is 25.1 Å². The molecule has 206 valence electrons. The van der Waals surface area contributed by atoms with E-state index in [4.69, 9.17) is 22.9 Å². The quantitative estimate of drug-likeness (QED) is 0.0839. The average Bonchev–Trinajstić information content (AvgIpc) is 3.32. The van der Waals surface area contributed by atoms with E-state index in [0.717, 1.165) is 0 Å². The Morgan fingerprint density at radius 2 is 1.49 bits per heavy atom. The van der Waals surface area contributed by atoms with Crippen molar-refractivity contribution in [3.63, 3.8) is 0 Å². The second kappa shape index (κ2) is 15.8. The summed E-state index contributed by atoms with van der Waals surface area (Å²) in [6, 6.07) is -5.18. The maximum Gasteiger partial charge on any atom is 0.326 e. The molecule has 5 amide bonds. The standard InChI is InChI=1S/C21H35N9O7/c22-6-2-1-3-13(19(34)30-15(21(36)37)8-17(25)32)29-20(35)14(4-5-16(24)31)28-18(33)12(23)7-11-9-26-10-27-11/h9-10,12-15H,1-8,22-23H2,(H2,24,31)(H2,25,32)(H,26,27)(H,28,33)(H,29,35)(H,30,34)(H,36,37). The zero-order valence-electron chi connectivity index (χ0n) is 20.3. The number of hydrogen-bond donors (Lipinski definition) is 9. The molecule has 13 N–H and O–H groups in total. The van der Waals surface area contributed by atoms with Crippen LogP contribution in [0.5, 0.6) is 0 Å². The van der Waals surface area contributed by atoms with E-state index >= 15 is 0 Å². The van der Waals surface area contributed by atoms with Crippen molar-refractivity contribution in [3.05, 3.63) is 18.2 Å². The lowest BCUT2D eigenvalue weighted by atomic mass is 10.0. The lowest BCUT2D eigenvalue weighted by Gasteiger charge is -2.25. The molecule has 0 saturated carbocycles. The summed E-state index contributed by atoms with van der Waals surface area (Å²) < 4.78 is 0. The number of rotatable bonds is 18. The largest absolute Gasteiger partial charge is 0.480 e. The number of aromatic amines is 1. The molecule has 0 radical (unpaired) electrons. The zero-order chi connectivity index (χ0) is 28.0. The summed E-state index contributed by atoms with van der Waals surface area (Å²) in [7, 11) is 0. The van der Waals surface area contributed by atoms with Gasteiger partial charge in [0.25, 0.3) is 0 Å². The fraction of sp³-hybridized carbons (Fsp3) is 0.571. The Kier molecular flexibility index (Phi) is 13.3. The van der Waals surface area contributed by atoms with Crippen LogP contribution in [0.2, 0.25) is 0 Å². The van der Waals surface area contributed by atoms with Crippen molar-refractivity contribution in [3.8, 4) is 0 Å². The smallest absolute Gasteiger partial charge is 0.326 e. The van der Waals surface area contributed by atoms with Crippen LogP contribution >= 0.6 is 0 Å². The van der Waals surface area contributed by atoms with E-state index in [1.54, 1.807) is 0 Å². The molecule has 0 fully saturated rings. The molecule has 1 aromatic heterocycles. The number of aromatic nitrogens is 2. The van der Waals surface area contributed by atoms with Gasteiger partial charge in [-0.3, -0.25) is 24.0 Å². The molecule has 0 saturated heterocycles. The number of carboxylic acids is 1. The predicted molar refractivity (Wildman–Crippen MR) is 129 cm³/mol. The number of H-pyrrole nitrogens is 1. The first kappa shape index (κ1) is 31.0. The van der Waals surface area contributed by atoms with Gasteiger partial charge in [0.2, 0.25) is 29.5 Å². The number of primary amides is 2. The van der Waals surface area contributed by atoms with Crippen LogP contribution in [-0.2, 0) is 35.2 Å². The van der Waals surface area contributed by atoms with Crippen molar-refractivity contribution in [2.75, 3.05) is 6.54 Å². The van der Waals surface area contributed by atoms with Crippen LogP contribution in [0.3, 0.4) is 0 Å². The Morgan fingerprint density at radius 3 is 2.00 bits per heavy atom. The lowest BCUT2D eigenvalue weighted by molar-refractivity contribution is -0.143. The number of carboxylic acid groups (broad SMARTS) is 1. The fourth-order valence-corrected chi connectivity index (χ4v) is 3.27.